The zero-order valence-electron chi connectivity index (χ0n) is 12.9. The Hall–Kier alpha value is -0.570. The second kappa shape index (κ2) is 5.91. The summed E-state index contributed by atoms with van der Waals surface area (Å²) in [4.78, 5) is 0. The molecule has 0 aromatic heterocycles. The number of ether oxygens (including phenoxy) is 1. The summed E-state index contributed by atoms with van der Waals surface area (Å²) in [6, 6.07) is 8.01. The summed E-state index contributed by atoms with van der Waals surface area (Å²) in [5.41, 5.74) is 7.54. The first-order chi connectivity index (χ1) is 10.0. The van der Waals surface area contributed by atoms with Crippen LogP contribution in [0, 0.1) is 5.92 Å². The highest BCUT2D eigenvalue weighted by atomic mass is 35.5. The van der Waals surface area contributed by atoms with Crippen LogP contribution < -0.4 is 5.73 Å². The third kappa shape index (κ3) is 2.99. The van der Waals surface area contributed by atoms with Crippen molar-refractivity contribution in [3.05, 3.63) is 34.9 Å². The van der Waals surface area contributed by atoms with Gasteiger partial charge in [-0.15, -0.1) is 0 Å². The molecule has 2 atom stereocenters. The summed E-state index contributed by atoms with van der Waals surface area (Å²) in [6.45, 7) is 2.97. The maximum absolute atomic E-state index is 6.76. The minimum absolute atomic E-state index is 0.0864. The lowest BCUT2D eigenvalue weighted by Gasteiger charge is -2.48. The largest absolute Gasteiger partial charge is 0.375 e. The van der Waals surface area contributed by atoms with Crippen LogP contribution in [-0.2, 0) is 10.3 Å². The first kappa shape index (κ1) is 15.3. The van der Waals surface area contributed by atoms with Gasteiger partial charge in [0.15, 0.2) is 0 Å². The normalized spacial score (nSPS) is 28.2. The molecule has 0 amide bonds. The van der Waals surface area contributed by atoms with Gasteiger partial charge in [-0.25, -0.2) is 0 Å². The Morgan fingerprint density at radius 1 is 1.24 bits per heavy atom. The highest BCUT2D eigenvalue weighted by Gasteiger charge is 2.44. The first-order valence-electron chi connectivity index (χ1n) is 8.21. The lowest BCUT2D eigenvalue weighted by molar-refractivity contribution is -0.127. The summed E-state index contributed by atoms with van der Waals surface area (Å²) < 4.78 is 6.21. The van der Waals surface area contributed by atoms with Gasteiger partial charge < -0.3 is 10.5 Å². The molecule has 1 saturated heterocycles. The van der Waals surface area contributed by atoms with E-state index in [1.54, 1.807) is 0 Å². The molecule has 2 fully saturated rings. The van der Waals surface area contributed by atoms with Crippen molar-refractivity contribution < 1.29 is 4.74 Å². The van der Waals surface area contributed by atoms with E-state index in [1.807, 2.05) is 18.2 Å². The Labute approximate surface area is 133 Å². The van der Waals surface area contributed by atoms with Crippen LogP contribution in [0.2, 0.25) is 5.02 Å². The van der Waals surface area contributed by atoms with Crippen molar-refractivity contribution in [2.45, 2.75) is 63.0 Å². The second-order valence-electron chi connectivity index (χ2n) is 7.04. The average molecular weight is 308 g/mol. The van der Waals surface area contributed by atoms with Crippen LogP contribution in [0.5, 0.6) is 0 Å². The summed E-state index contributed by atoms with van der Waals surface area (Å²) in [5, 5.41) is 0.784. The lowest BCUT2D eigenvalue weighted by atomic mass is 9.68. The van der Waals surface area contributed by atoms with Crippen molar-refractivity contribution in [2.75, 3.05) is 6.61 Å². The standard InChI is InChI=1S/C18H26ClNO/c1-17(20,15-7-3-4-8-16(15)19)14-9-12-21-18(13-14)10-5-2-6-11-18/h3-4,7-8,14H,2,5-6,9-13,20H2,1H3. The van der Waals surface area contributed by atoms with E-state index in [9.17, 15) is 0 Å². The molecule has 1 aromatic carbocycles. The maximum atomic E-state index is 6.76. The van der Waals surface area contributed by atoms with Gasteiger partial charge in [0, 0.05) is 17.2 Å². The highest BCUT2D eigenvalue weighted by Crippen LogP contribution is 2.46. The number of rotatable bonds is 2. The molecule has 1 heterocycles. The van der Waals surface area contributed by atoms with Crippen LogP contribution >= 0.6 is 11.6 Å². The summed E-state index contributed by atoms with van der Waals surface area (Å²) in [7, 11) is 0. The van der Waals surface area contributed by atoms with E-state index in [-0.39, 0.29) is 11.1 Å². The van der Waals surface area contributed by atoms with Crippen molar-refractivity contribution in [3.8, 4) is 0 Å². The van der Waals surface area contributed by atoms with Crippen molar-refractivity contribution in [1.29, 1.82) is 0 Å². The summed E-state index contributed by atoms with van der Waals surface area (Å²) in [6.07, 6.45) is 8.43. The van der Waals surface area contributed by atoms with Crippen molar-refractivity contribution in [2.24, 2.45) is 11.7 Å². The van der Waals surface area contributed by atoms with Crippen molar-refractivity contribution in [3.63, 3.8) is 0 Å². The minimum Gasteiger partial charge on any atom is -0.375 e. The SMILES string of the molecule is CC(N)(c1ccccc1Cl)C1CCOC2(CCCCC2)C1. The molecular formula is C18H26ClNO. The third-order valence-corrected chi connectivity index (χ3v) is 5.89. The molecule has 1 aromatic rings. The van der Waals surface area contributed by atoms with E-state index in [0.29, 0.717) is 5.92 Å². The fraction of sp³-hybridized carbons (Fsp3) is 0.667. The highest BCUT2D eigenvalue weighted by molar-refractivity contribution is 6.31. The smallest absolute Gasteiger partial charge is 0.0686 e. The molecule has 1 aliphatic heterocycles. The second-order valence-corrected chi connectivity index (χ2v) is 7.45. The number of benzene rings is 1. The van der Waals surface area contributed by atoms with Gasteiger partial charge >= 0.3 is 0 Å². The molecule has 0 radical (unpaired) electrons. The van der Waals surface area contributed by atoms with Gasteiger partial charge in [-0.3, -0.25) is 0 Å². The molecule has 116 valence electrons. The van der Waals surface area contributed by atoms with E-state index in [0.717, 1.165) is 30.0 Å². The van der Waals surface area contributed by atoms with Crippen LogP contribution in [-0.4, -0.2) is 12.2 Å². The van der Waals surface area contributed by atoms with Crippen LogP contribution in [0.4, 0.5) is 0 Å². The fourth-order valence-electron chi connectivity index (χ4n) is 4.20. The Bertz CT molecular complexity index is 488. The summed E-state index contributed by atoms with van der Waals surface area (Å²) >= 11 is 6.39. The van der Waals surface area contributed by atoms with E-state index < -0.39 is 0 Å². The van der Waals surface area contributed by atoms with Crippen LogP contribution in [0.15, 0.2) is 24.3 Å². The van der Waals surface area contributed by atoms with Crippen molar-refractivity contribution >= 4 is 11.6 Å². The number of hydrogen-bond acceptors (Lipinski definition) is 2. The Morgan fingerprint density at radius 3 is 2.67 bits per heavy atom. The molecule has 2 N–H and O–H groups in total. The fourth-order valence-corrected chi connectivity index (χ4v) is 4.54. The molecule has 3 heteroatoms. The molecule has 1 spiro atoms. The predicted octanol–water partition coefficient (Wildman–Crippen LogP) is 4.64. The monoisotopic (exact) mass is 307 g/mol. The van der Waals surface area contributed by atoms with Gasteiger partial charge in [-0.2, -0.15) is 0 Å². The number of nitrogens with two attached hydrogens (primary N) is 1. The van der Waals surface area contributed by atoms with Crippen LogP contribution in [0.1, 0.15) is 57.4 Å². The van der Waals surface area contributed by atoms with E-state index in [2.05, 4.69) is 13.0 Å². The minimum atomic E-state index is -0.382. The number of hydrogen-bond donors (Lipinski definition) is 1. The third-order valence-electron chi connectivity index (χ3n) is 5.56. The van der Waals surface area contributed by atoms with E-state index in [1.165, 1.54) is 32.1 Å². The average Bonchev–Trinajstić information content (AvgIpc) is 2.48. The quantitative estimate of drug-likeness (QED) is 0.863. The van der Waals surface area contributed by atoms with Gasteiger partial charge in [0.2, 0.25) is 0 Å². The predicted molar refractivity (Wildman–Crippen MR) is 87.5 cm³/mol. The van der Waals surface area contributed by atoms with Gasteiger partial charge in [0.25, 0.3) is 0 Å². The molecule has 0 bridgehead atoms. The molecule has 2 aliphatic rings. The maximum Gasteiger partial charge on any atom is 0.0686 e. The van der Waals surface area contributed by atoms with Gasteiger partial charge in [-0.05, 0) is 50.2 Å². The molecular weight excluding hydrogens is 282 g/mol. The molecule has 2 nitrogen and oxygen atoms in total. The Kier molecular flexibility index (Phi) is 4.31. The van der Waals surface area contributed by atoms with Crippen LogP contribution in [0.25, 0.3) is 0 Å². The molecule has 1 saturated carbocycles. The topological polar surface area (TPSA) is 35.2 Å². The molecule has 3 rings (SSSR count). The van der Waals surface area contributed by atoms with Crippen LogP contribution in [0.3, 0.4) is 0 Å². The zero-order valence-corrected chi connectivity index (χ0v) is 13.7. The van der Waals surface area contributed by atoms with E-state index in [4.69, 9.17) is 22.1 Å². The van der Waals surface area contributed by atoms with Gasteiger partial charge in [-0.1, -0.05) is 49.1 Å². The Balaban J connectivity index is 1.83. The van der Waals surface area contributed by atoms with Gasteiger partial charge in [0.1, 0.15) is 0 Å². The zero-order chi connectivity index (χ0) is 14.9. The summed E-state index contributed by atoms with van der Waals surface area (Å²) in [5.74, 6) is 0.434. The molecule has 1 aliphatic carbocycles. The van der Waals surface area contributed by atoms with Gasteiger partial charge in [0.05, 0.1) is 5.60 Å². The Morgan fingerprint density at radius 2 is 1.95 bits per heavy atom. The van der Waals surface area contributed by atoms with E-state index >= 15 is 0 Å². The number of halogens is 1. The molecule has 21 heavy (non-hydrogen) atoms. The molecule has 2 unspecified atom stereocenters. The lowest BCUT2D eigenvalue weighted by Crippen LogP contribution is -2.50. The first-order valence-corrected chi connectivity index (χ1v) is 8.59. The van der Waals surface area contributed by atoms with Crippen molar-refractivity contribution in [1.82, 2.24) is 0 Å².